The molecule has 0 bridgehead atoms. The van der Waals surface area contributed by atoms with Crippen molar-refractivity contribution in [2.45, 2.75) is 143 Å². The molecule has 5 atom stereocenters. The van der Waals surface area contributed by atoms with E-state index in [9.17, 15) is 4.79 Å². The molecule has 1 saturated heterocycles. The second-order valence-corrected chi connectivity index (χ2v) is 19.4. The summed E-state index contributed by atoms with van der Waals surface area (Å²) in [5, 5.41) is 0.180. The fourth-order valence-electron chi connectivity index (χ4n) is 5.31. The molecule has 1 fully saturated rings. The average Bonchev–Trinajstić information content (AvgIpc) is 3.14. The van der Waals surface area contributed by atoms with Crippen molar-refractivity contribution in [3.63, 3.8) is 0 Å². The Hall–Kier alpha value is -1.93. The molecule has 0 aliphatic carbocycles. The second-order valence-electron chi connectivity index (χ2n) is 14.7. The number of fused-ring (bicyclic) bond motifs is 1. The van der Waals surface area contributed by atoms with Gasteiger partial charge in [-0.3, -0.25) is 0 Å². The zero-order chi connectivity index (χ0) is 31.7. The van der Waals surface area contributed by atoms with Gasteiger partial charge in [-0.25, -0.2) is 4.79 Å². The van der Waals surface area contributed by atoms with Crippen LogP contribution in [0.15, 0.2) is 30.4 Å². The summed E-state index contributed by atoms with van der Waals surface area (Å²) in [4.78, 5) is 12.9. The van der Waals surface area contributed by atoms with Crippen LogP contribution in [0.1, 0.15) is 110 Å². The second kappa shape index (κ2) is 13.0. The molecule has 2 heterocycles. The van der Waals surface area contributed by atoms with Crippen LogP contribution in [0.2, 0.25) is 18.1 Å². The first-order chi connectivity index (χ1) is 19.2. The smallest absolute Gasteiger partial charge is 0.345 e. The van der Waals surface area contributed by atoms with E-state index in [2.05, 4.69) is 85.9 Å². The molecule has 2 aliphatic rings. The number of carbonyl (C=O) groups excluding carboxylic acids is 1. The first-order valence-electron chi connectivity index (χ1n) is 15.7. The van der Waals surface area contributed by atoms with Crippen molar-refractivity contribution >= 4 is 20.4 Å². The number of esters is 1. The highest BCUT2D eigenvalue weighted by atomic mass is 28.4. The van der Waals surface area contributed by atoms with Gasteiger partial charge in [0.15, 0.2) is 14.1 Å². The van der Waals surface area contributed by atoms with Gasteiger partial charge in [-0.15, -0.1) is 0 Å². The van der Waals surface area contributed by atoms with Crippen LogP contribution in [0.3, 0.4) is 0 Å². The third kappa shape index (κ3) is 8.58. The van der Waals surface area contributed by atoms with E-state index in [1.807, 2.05) is 26.0 Å². The molecule has 236 valence electrons. The summed E-state index contributed by atoms with van der Waals surface area (Å²) in [6, 6.07) is 4.03. The minimum Gasteiger partial charge on any atom is -0.452 e. The molecule has 3 rings (SSSR count). The maximum atomic E-state index is 12.9. The summed E-state index contributed by atoms with van der Waals surface area (Å²) in [6.07, 6.45) is 11.1. The van der Waals surface area contributed by atoms with Gasteiger partial charge in [0.1, 0.15) is 11.3 Å². The molecule has 2 aliphatic heterocycles. The summed E-state index contributed by atoms with van der Waals surface area (Å²) in [5.74, 6) is -0.995. The number of hydrogen-bond donors (Lipinski definition) is 0. The SMILES string of the molecule is CCCc1cc(/C=C/C[C@@H]2OC(C)(C)O[C@@H]2C(C)/C=C\[C@@H](C)[C@H](C)O[Si](C)(C)C(C)(C)C)c2c(c1)OC(C)(C)OC2=O. The quantitative estimate of drug-likeness (QED) is 0.143. The van der Waals surface area contributed by atoms with Gasteiger partial charge in [0, 0.05) is 25.9 Å². The summed E-state index contributed by atoms with van der Waals surface area (Å²) in [6.45, 7) is 27.6. The Morgan fingerprint density at radius 3 is 2.29 bits per heavy atom. The van der Waals surface area contributed by atoms with Crippen molar-refractivity contribution in [2.24, 2.45) is 11.8 Å². The summed E-state index contributed by atoms with van der Waals surface area (Å²) >= 11 is 0. The van der Waals surface area contributed by atoms with Crippen molar-refractivity contribution < 1.29 is 28.2 Å². The first kappa shape index (κ1) is 34.6. The maximum Gasteiger partial charge on any atom is 0.345 e. The normalized spacial score (nSPS) is 24.4. The van der Waals surface area contributed by atoms with Gasteiger partial charge in [-0.1, -0.05) is 78.3 Å². The molecule has 0 radical (unpaired) electrons. The number of carbonyl (C=O) groups is 1. The van der Waals surface area contributed by atoms with Gasteiger partial charge >= 0.3 is 5.97 Å². The monoisotopic (exact) mass is 600 g/mol. The van der Waals surface area contributed by atoms with Crippen LogP contribution in [0.25, 0.3) is 6.08 Å². The molecule has 0 amide bonds. The Bertz CT molecular complexity index is 1160. The minimum absolute atomic E-state index is 0.0980. The largest absolute Gasteiger partial charge is 0.452 e. The number of ether oxygens (including phenoxy) is 4. The van der Waals surface area contributed by atoms with Crippen LogP contribution in [-0.2, 0) is 25.1 Å². The molecule has 6 nitrogen and oxygen atoms in total. The molecule has 42 heavy (non-hydrogen) atoms. The zero-order valence-corrected chi connectivity index (χ0v) is 29.4. The highest BCUT2D eigenvalue weighted by molar-refractivity contribution is 6.74. The fraction of sp³-hybridized carbons (Fsp3) is 0.686. The Morgan fingerprint density at radius 2 is 1.67 bits per heavy atom. The standard InChI is InChI=1S/C35H56O6Si/c1-14-16-26-21-27(30-29(22-26)38-35(10,11)40-32(30)36)17-15-18-28-31(39-34(8,9)37-28)24(3)20-19-23(2)25(4)41-42(12,13)33(5,6)7/h15,17,19-25,28,31H,14,16,18H2,1-13H3/b17-15+,20-19-/t23-,24?,25+,28+,31-/m1/s1. The van der Waals surface area contributed by atoms with Gasteiger partial charge in [0.2, 0.25) is 5.79 Å². The topological polar surface area (TPSA) is 63.2 Å². The predicted octanol–water partition coefficient (Wildman–Crippen LogP) is 9.09. The molecule has 1 unspecified atom stereocenters. The van der Waals surface area contributed by atoms with E-state index < -0.39 is 19.9 Å². The van der Waals surface area contributed by atoms with E-state index in [0.717, 1.165) is 24.0 Å². The summed E-state index contributed by atoms with van der Waals surface area (Å²) in [5.41, 5.74) is 2.43. The lowest BCUT2D eigenvalue weighted by molar-refractivity contribution is -0.148. The van der Waals surface area contributed by atoms with Gasteiger partial charge in [0.25, 0.3) is 0 Å². The third-order valence-electron chi connectivity index (χ3n) is 8.78. The molecule has 7 heteroatoms. The van der Waals surface area contributed by atoms with Crippen LogP contribution in [0, 0.1) is 11.8 Å². The summed E-state index contributed by atoms with van der Waals surface area (Å²) < 4.78 is 31.0. The lowest BCUT2D eigenvalue weighted by Crippen LogP contribution is -2.44. The number of hydrogen-bond acceptors (Lipinski definition) is 6. The fourth-order valence-corrected chi connectivity index (χ4v) is 6.80. The van der Waals surface area contributed by atoms with Crippen molar-refractivity contribution in [3.05, 3.63) is 47.1 Å². The highest BCUT2D eigenvalue weighted by Crippen LogP contribution is 2.39. The molecule has 0 N–H and O–H groups in total. The summed E-state index contributed by atoms with van der Waals surface area (Å²) in [7, 11) is -1.84. The Balaban J connectivity index is 1.75. The number of aryl methyl sites for hydroxylation is 1. The van der Waals surface area contributed by atoms with Crippen LogP contribution in [0.4, 0.5) is 0 Å². The first-order valence-corrected chi connectivity index (χ1v) is 18.6. The van der Waals surface area contributed by atoms with Gasteiger partial charge < -0.3 is 23.4 Å². The van der Waals surface area contributed by atoms with Crippen LogP contribution in [0.5, 0.6) is 5.75 Å². The highest BCUT2D eigenvalue weighted by Gasteiger charge is 2.43. The van der Waals surface area contributed by atoms with Crippen molar-refractivity contribution in [2.75, 3.05) is 0 Å². The molecular weight excluding hydrogens is 544 g/mol. The van der Waals surface area contributed by atoms with Gasteiger partial charge in [0.05, 0.1) is 12.2 Å². The van der Waals surface area contributed by atoms with E-state index in [0.29, 0.717) is 17.7 Å². The lowest BCUT2D eigenvalue weighted by atomic mass is 9.94. The van der Waals surface area contributed by atoms with E-state index in [1.165, 1.54) is 0 Å². The van der Waals surface area contributed by atoms with Crippen LogP contribution < -0.4 is 4.74 Å². The third-order valence-corrected chi connectivity index (χ3v) is 13.4. The van der Waals surface area contributed by atoms with E-state index in [1.54, 1.807) is 13.8 Å². The molecule has 1 aromatic carbocycles. The Labute approximate surface area is 256 Å². The number of cyclic esters (lactones) is 1. The lowest BCUT2D eigenvalue weighted by Gasteiger charge is -2.39. The van der Waals surface area contributed by atoms with Crippen LogP contribution >= 0.6 is 0 Å². The molecule has 1 aromatic rings. The van der Waals surface area contributed by atoms with Crippen molar-refractivity contribution in [1.82, 2.24) is 0 Å². The molecule has 0 aromatic heterocycles. The zero-order valence-electron chi connectivity index (χ0n) is 28.4. The van der Waals surface area contributed by atoms with E-state index >= 15 is 0 Å². The predicted molar refractivity (Wildman–Crippen MR) is 173 cm³/mol. The van der Waals surface area contributed by atoms with Gasteiger partial charge in [-0.2, -0.15) is 0 Å². The maximum absolute atomic E-state index is 12.9. The van der Waals surface area contributed by atoms with E-state index in [4.69, 9.17) is 23.4 Å². The molecular formula is C35H56O6Si. The Morgan fingerprint density at radius 1 is 1.00 bits per heavy atom. The average molecular weight is 601 g/mol. The number of benzene rings is 1. The molecule has 0 spiro atoms. The minimum atomic E-state index is -1.84. The van der Waals surface area contributed by atoms with Crippen molar-refractivity contribution in [3.8, 4) is 5.75 Å². The van der Waals surface area contributed by atoms with Crippen molar-refractivity contribution in [1.29, 1.82) is 0 Å². The number of rotatable bonds is 11. The van der Waals surface area contributed by atoms with Crippen LogP contribution in [-0.4, -0.2) is 44.2 Å². The molecule has 0 saturated carbocycles. The van der Waals surface area contributed by atoms with E-state index in [-0.39, 0.29) is 41.2 Å². The Kier molecular flexibility index (Phi) is 10.7. The van der Waals surface area contributed by atoms with Gasteiger partial charge in [-0.05, 0) is 74.9 Å².